The maximum atomic E-state index is 4.20. The molecule has 2 aromatic rings. The highest BCUT2D eigenvalue weighted by molar-refractivity contribution is 5.18. The summed E-state index contributed by atoms with van der Waals surface area (Å²) in [6.07, 6.45) is 7.60. The van der Waals surface area contributed by atoms with Crippen LogP contribution < -0.4 is 0 Å². The first kappa shape index (κ1) is 13.8. The molecule has 1 heterocycles. The number of benzene rings is 1. The van der Waals surface area contributed by atoms with Crippen LogP contribution in [0.1, 0.15) is 56.1 Å². The number of hydrogen-bond donors (Lipinski definition) is 0. The predicted molar refractivity (Wildman–Crippen MR) is 81.4 cm³/mol. The standard InChI is InChI=1S/C18H23N/c1-15(17-10-4-3-5-11-17)8-6-9-16(2)18-12-7-13-19-14-18/h3-5,7,10-16H,6,8-9H2,1-2H3. The maximum Gasteiger partial charge on any atom is 0.0302 e. The van der Waals surface area contributed by atoms with Crippen molar-refractivity contribution in [2.24, 2.45) is 0 Å². The van der Waals surface area contributed by atoms with Crippen molar-refractivity contribution < 1.29 is 0 Å². The molecule has 0 aliphatic rings. The van der Waals surface area contributed by atoms with Crippen LogP contribution in [0.4, 0.5) is 0 Å². The van der Waals surface area contributed by atoms with Gasteiger partial charge in [0, 0.05) is 12.4 Å². The van der Waals surface area contributed by atoms with E-state index in [0.29, 0.717) is 11.8 Å². The molecule has 0 saturated carbocycles. The molecule has 0 aliphatic heterocycles. The van der Waals surface area contributed by atoms with E-state index in [1.165, 1.54) is 30.4 Å². The molecular weight excluding hydrogens is 230 g/mol. The van der Waals surface area contributed by atoms with Crippen LogP contribution in [0.5, 0.6) is 0 Å². The zero-order valence-electron chi connectivity index (χ0n) is 11.9. The lowest BCUT2D eigenvalue weighted by atomic mass is 9.91. The first-order valence-corrected chi connectivity index (χ1v) is 7.22. The van der Waals surface area contributed by atoms with Crippen molar-refractivity contribution >= 4 is 0 Å². The Morgan fingerprint density at radius 3 is 2.11 bits per heavy atom. The summed E-state index contributed by atoms with van der Waals surface area (Å²) in [6, 6.07) is 15.0. The van der Waals surface area contributed by atoms with E-state index in [1.54, 1.807) is 0 Å². The van der Waals surface area contributed by atoms with Crippen LogP contribution in [0.3, 0.4) is 0 Å². The van der Waals surface area contributed by atoms with Crippen LogP contribution in [0, 0.1) is 0 Å². The van der Waals surface area contributed by atoms with Gasteiger partial charge in [0.15, 0.2) is 0 Å². The lowest BCUT2D eigenvalue weighted by molar-refractivity contribution is 0.560. The van der Waals surface area contributed by atoms with Gasteiger partial charge >= 0.3 is 0 Å². The molecule has 0 bridgehead atoms. The van der Waals surface area contributed by atoms with Gasteiger partial charge in [0.05, 0.1) is 0 Å². The molecule has 0 amide bonds. The molecule has 1 heteroatoms. The first-order valence-electron chi connectivity index (χ1n) is 7.22. The minimum atomic E-state index is 0.608. The van der Waals surface area contributed by atoms with Crippen LogP contribution in [0.15, 0.2) is 54.9 Å². The monoisotopic (exact) mass is 253 g/mol. The molecule has 1 aromatic carbocycles. The predicted octanol–water partition coefficient (Wildman–Crippen LogP) is 5.16. The van der Waals surface area contributed by atoms with Crippen molar-refractivity contribution in [1.29, 1.82) is 0 Å². The zero-order valence-corrected chi connectivity index (χ0v) is 11.9. The van der Waals surface area contributed by atoms with Crippen LogP contribution in [0.25, 0.3) is 0 Å². The summed E-state index contributed by atoms with van der Waals surface area (Å²) in [4.78, 5) is 4.20. The second-order valence-corrected chi connectivity index (χ2v) is 5.43. The lowest BCUT2D eigenvalue weighted by Crippen LogP contribution is -1.97. The highest BCUT2D eigenvalue weighted by Gasteiger charge is 2.08. The van der Waals surface area contributed by atoms with E-state index in [1.807, 2.05) is 18.5 Å². The van der Waals surface area contributed by atoms with Crippen molar-refractivity contribution in [3.05, 3.63) is 66.0 Å². The molecule has 0 N–H and O–H groups in total. The first-order chi connectivity index (χ1) is 9.27. The Balaban J connectivity index is 1.78. The zero-order chi connectivity index (χ0) is 13.5. The van der Waals surface area contributed by atoms with Gasteiger partial charge in [-0.3, -0.25) is 4.98 Å². The van der Waals surface area contributed by atoms with Gasteiger partial charge in [0.25, 0.3) is 0 Å². The molecular formula is C18H23N. The minimum absolute atomic E-state index is 0.608. The molecule has 1 aromatic heterocycles. The van der Waals surface area contributed by atoms with Gasteiger partial charge in [-0.2, -0.15) is 0 Å². The third kappa shape index (κ3) is 4.20. The van der Waals surface area contributed by atoms with Gasteiger partial charge in [-0.1, -0.05) is 56.7 Å². The van der Waals surface area contributed by atoms with Gasteiger partial charge < -0.3 is 0 Å². The van der Waals surface area contributed by atoms with E-state index >= 15 is 0 Å². The smallest absolute Gasteiger partial charge is 0.0302 e. The summed E-state index contributed by atoms with van der Waals surface area (Å²) < 4.78 is 0. The fourth-order valence-electron chi connectivity index (χ4n) is 2.51. The Hall–Kier alpha value is -1.63. The maximum absolute atomic E-state index is 4.20. The molecule has 0 spiro atoms. The number of rotatable bonds is 6. The minimum Gasteiger partial charge on any atom is -0.264 e. The summed E-state index contributed by atoms with van der Waals surface area (Å²) >= 11 is 0. The van der Waals surface area contributed by atoms with Crippen molar-refractivity contribution in [3.8, 4) is 0 Å². The van der Waals surface area contributed by atoms with Gasteiger partial charge in [0.2, 0.25) is 0 Å². The summed E-state index contributed by atoms with van der Waals surface area (Å²) in [7, 11) is 0. The molecule has 2 atom stereocenters. The van der Waals surface area contributed by atoms with Crippen LogP contribution >= 0.6 is 0 Å². The van der Waals surface area contributed by atoms with Crippen molar-refractivity contribution in [2.45, 2.75) is 44.9 Å². The highest BCUT2D eigenvalue weighted by Crippen LogP contribution is 2.25. The van der Waals surface area contributed by atoms with Crippen molar-refractivity contribution in [2.75, 3.05) is 0 Å². The largest absolute Gasteiger partial charge is 0.264 e. The molecule has 0 saturated heterocycles. The molecule has 2 unspecified atom stereocenters. The summed E-state index contributed by atoms with van der Waals surface area (Å²) in [6.45, 7) is 4.62. The summed E-state index contributed by atoms with van der Waals surface area (Å²) in [5, 5.41) is 0. The molecule has 0 radical (unpaired) electrons. The van der Waals surface area contributed by atoms with Crippen LogP contribution in [0.2, 0.25) is 0 Å². The molecule has 19 heavy (non-hydrogen) atoms. The van der Waals surface area contributed by atoms with E-state index in [4.69, 9.17) is 0 Å². The normalized spacial score (nSPS) is 14.0. The Morgan fingerprint density at radius 1 is 0.842 bits per heavy atom. The highest BCUT2D eigenvalue weighted by atomic mass is 14.6. The van der Waals surface area contributed by atoms with Crippen molar-refractivity contribution in [1.82, 2.24) is 4.98 Å². The van der Waals surface area contributed by atoms with Crippen LogP contribution in [-0.2, 0) is 0 Å². The number of hydrogen-bond acceptors (Lipinski definition) is 1. The average molecular weight is 253 g/mol. The molecule has 100 valence electrons. The van der Waals surface area contributed by atoms with Crippen LogP contribution in [-0.4, -0.2) is 4.98 Å². The molecule has 0 fully saturated rings. The Labute approximate surface area is 116 Å². The third-order valence-electron chi connectivity index (χ3n) is 3.90. The SMILES string of the molecule is CC(CCCC(C)c1cccnc1)c1ccccc1. The van der Waals surface area contributed by atoms with E-state index < -0.39 is 0 Å². The Morgan fingerprint density at radius 2 is 1.47 bits per heavy atom. The fraction of sp³-hybridized carbons (Fsp3) is 0.389. The lowest BCUT2D eigenvalue weighted by Gasteiger charge is -2.14. The van der Waals surface area contributed by atoms with E-state index in [9.17, 15) is 0 Å². The van der Waals surface area contributed by atoms with E-state index in [-0.39, 0.29) is 0 Å². The average Bonchev–Trinajstić information content (AvgIpc) is 2.49. The number of aromatic nitrogens is 1. The van der Waals surface area contributed by atoms with E-state index in [2.05, 4.69) is 55.2 Å². The molecule has 2 rings (SSSR count). The molecule has 1 nitrogen and oxygen atoms in total. The quantitative estimate of drug-likeness (QED) is 0.693. The van der Waals surface area contributed by atoms with Gasteiger partial charge in [-0.05, 0) is 41.9 Å². The topological polar surface area (TPSA) is 12.9 Å². The van der Waals surface area contributed by atoms with E-state index in [0.717, 1.165) is 0 Å². The second kappa shape index (κ2) is 7.08. The summed E-state index contributed by atoms with van der Waals surface area (Å²) in [5.41, 5.74) is 2.81. The van der Waals surface area contributed by atoms with Gasteiger partial charge in [-0.25, -0.2) is 0 Å². The number of pyridine rings is 1. The Bertz CT molecular complexity index is 418. The Kier molecular flexibility index (Phi) is 5.14. The number of nitrogens with zero attached hydrogens (tertiary/aromatic N) is 1. The fourth-order valence-corrected chi connectivity index (χ4v) is 2.51. The van der Waals surface area contributed by atoms with Gasteiger partial charge in [-0.15, -0.1) is 0 Å². The molecule has 0 aliphatic carbocycles. The van der Waals surface area contributed by atoms with Crippen molar-refractivity contribution in [3.63, 3.8) is 0 Å². The second-order valence-electron chi connectivity index (χ2n) is 5.43. The van der Waals surface area contributed by atoms with Gasteiger partial charge in [0.1, 0.15) is 0 Å². The summed E-state index contributed by atoms with van der Waals surface area (Å²) in [5.74, 6) is 1.26. The third-order valence-corrected chi connectivity index (χ3v) is 3.90.